The monoisotopic (exact) mass is 420 g/mol. The molecule has 2 N–H and O–H groups in total. The van der Waals surface area contributed by atoms with Gasteiger partial charge in [0.2, 0.25) is 0 Å². The first kappa shape index (κ1) is 21.3. The van der Waals surface area contributed by atoms with E-state index in [1.54, 1.807) is 0 Å². The van der Waals surface area contributed by atoms with Crippen LogP contribution in [0.3, 0.4) is 0 Å². The quantitative estimate of drug-likeness (QED) is 0.612. The van der Waals surface area contributed by atoms with Gasteiger partial charge in [-0.25, -0.2) is 0 Å². The van der Waals surface area contributed by atoms with E-state index in [9.17, 15) is 4.79 Å². The molecule has 2 aromatic rings. The van der Waals surface area contributed by atoms with E-state index >= 15 is 0 Å². The maximum absolute atomic E-state index is 13.4. The van der Waals surface area contributed by atoms with Gasteiger partial charge in [0.25, 0.3) is 0 Å². The summed E-state index contributed by atoms with van der Waals surface area (Å²) in [6.07, 6.45) is 1.41. The Kier molecular flexibility index (Phi) is 5.69. The Morgan fingerprint density at radius 1 is 1.06 bits per heavy atom. The van der Waals surface area contributed by atoms with Crippen LogP contribution in [0.15, 0.2) is 53.7 Å². The van der Waals surface area contributed by atoms with Gasteiger partial charge in [-0.3, -0.25) is 4.79 Å². The Balaban J connectivity index is 1.83. The van der Waals surface area contributed by atoms with Crippen molar-refractivity contribution in [1.29, 1.82) is 0 Å². The summed E-state index contributed by atoms with van der Waals surface area (Å²) in [6, 6.07) is 13.8. The number of benzene rings is 2. The number of carbonyl (C=O) groups is 1. The molecule has 0 spiro atoms. The van der Waals surface area contributed by atoms with E-state index in [2.05, 4.69) is 24.5 Å². The maximum Gasteiger partial charge on any atom is 0.163 e. The molecule has 1 aliphatic carbocycles. The lowest BCUT2D eigenvalue weighted by Gasteiger charge is -2.34. The number of allylic oxidation sites excluding steroid dienone is 1. The molecule has 5 heteroatoms. The lowest BCUT2D eigenvalue weighted by molar-refractivity contribution is -0.118. The van der Waals surface area contributed by atoms with Gasteiger partial charge in [-0.15, -0.1) is 0 Å². The summed E-state index contributed by atoms with van der Waals surface area (Å²) in [7, 11) is 0. The number of hydrogen-bond acceptors (Lipinski definition) is 5. The molecule has 4 rings (SSSR count). The van der Waals surface area contributed by atoms with Crippen LogP contribution in [0.5, 0.6) is 11.5 Å². The second kappa shape index (κ2) is 8.29. The van der Waals surface area contributed by atoms with Crippen molar-refractivity contribution in [3.63, 3.8) is 0 Å². The van der Waals surface area contributed by atoms with Crippen LogP contribution in [0.4, 0.5) is 11.4 Å². The van der Waals surface area contributed by atoms with Crippen molar-refractivity contribution >= 4 is 17.2 Å². The lowest BCUT2D eigenvalue weighted by atomic mass is 9.73. The molecule has 0 saturated heterocycles. The van der Waals surface area contributed by atoms with Gasteiger partial charge in [-0.2, -0.15) is 0 Å². The van der Waals surface area contributed by atoms with E-state index in [1.807, 2.05) is 63.2 Å². The molecule has 164 valence electrons. The second-order valence-electron chi connectivity index (χ2n) is 9.39. The molecule has 1 heterocycles. The summed E-state index contributed by atoms with van der Waals surface area (Å²) in [6.45, 7) is 10.8. The van der Waals surface area contributed by atoms with Crippen LogP contribution < -0.4 is 20.1 Å². The molecular formula is C26H32N2O3. The van der Waals surface area contributed by atoms with Crippen molar-refractivity contribution < 1.29 is 14.3 Å². The molecule has 0 fully saturated rings. The van der Waals surface area contributed by atoms with Crippen LogP contribution in [-0.2, 0) is 4.79 Å². The highest BCUT2D eigenvalue weighted by molar-refractivity contribution is 6.01. The Bertz CT molecular complexity index is 1020. The van der Waals surface area contributed by atoms with Gasteiger partial charge in [0.1, 0.15) is 0 Å². The van der Waals surface area contributed by atoms with Gasteiger partial charge in [0.15, 0.2) is 17.3 Å². The second-order valence-corrected chi connectivity index (χ2v) is 9.39. The van der Waals surface area contributed by atoms with Gasteiger partial charge in [0.05, 0.1) is 30.1 Å². The molecule has 0 saturated carbocycles. The molecule has 0 bridgehead atoms. The van der Waals surface area contributed by atoms with E-state index in [1.165, 1.54) is 0 Å². The standard InChI is InChI=1S/C26H32N2O3/c1-6-30-23-13-17(11-12-22(23)31-16(2)3)25-24-20(14-26(4,5)15-21(24)29)27-18-9-7-8-10-19(18)28-25/h7-13,16,25,27-28H,6,14-15H2,1-5H3. The number of ether oxygens (including phenoxy) is 2. The third-order valence-corrected chi connectivity index (χ3v) is 5.68. The zero-order chi connectivity index (χ0) is 22.2. The van der Waals surface area contributed by atoms with E-state index in [-0.39, 0.29) is 23.3 Å². The molecule has 0 amide bonds. The third kappa shape index (κ3) is 4.41. The van der Waals surface area contributed by atoms with E-state index in [0.717, 1.165) is 40.4 Å². The molecule has 5 nitrogen and oxygen atoms in total. The predicted octanol–water partition coefficient (Wildman–Crippen LogP) is 6.09. The summed E-state index contributed by atoms with van der Waals surface area (Å²) in [5.41, 5.74) is 4.71. The maximum atomic E-state index is 13.4. The third-order valence-electron chi connectivity index (χ3n) is 5.68. The SMILES string of the molecule is CCOc1cc(C2Nc3ccccc3NC3=C2C(=O)CC(C)(C)C3)ccc1OC(C)C. The molecule has 0 radical (unpaired) electrons. The number of nitrogens with one attached hydrogen (secondary N) is 2. The van der Waals surface area contributed by atoms with Crippen molar-refractivity contribution in [2.75, 3.05) is 17.2 Å². The van der Waals surface area contributed by atoms with Crippen LogP contribution in [0.1, 0.15) is 59.1 Å². The number of ketones is 1. The van der Waals surface area contributed by atoms with Gasteiger partial charge in [0, 0.05) is 17.7 Å². The Labute approximate surface area is 184 Å². The zero-order valence-corrected chi connectivity index (χ0v) is 19.0. The van der Waals surface area contributed by atoms with Crippen LogP contribution in [0.25, 0.3) is 0 Å². The fourth-order valence-corrected chi connectivity index (χ4v) is 4.46. The number of carbonyl (C=O) groups excluding carboxylic acids is 1. The van der Waals surface area contributed by atoms with Gasteiger partial charge in [-0.1, -0.05) is 32.0 Å². The summed E-state index contributed by atoms with van der Waals surface area (Å²) in [4.78, 5) is 13.4. The van der Waals surface area contributed by atoms with Crippen LogP contribution in [0.2, 0.25) is 0 Å². The minimum absolute atomic E-state index is 0.0496. The average Bonchev–Trinajstić information content (AvgIpc) is 2.84. The van der Waals surface area contributed by atoms with Gasteiger partial charge >= 0.3 is 0 Å². The molecule has 31 heavy (non-hydrogen) atoms. The fourth-order valence-electron chi connectivity index (χ4n) is 4.46. The Hall–Kier alpha value is -2.95. The smallest absolute Gasteiger partial charge is 0.163 e. The Morgan fingerprint density at radius 3 is 2.52 bits per heavy atom. The van der Waals surface area contributed by atoms with Crippen molar-refractivity contribution in [1.82, 2.24) is 0 Å². The van der Waals surface area contributed by atoms with Crippen molar-refractivity contribution in [3.8, 4) is 11.5 Å². The first-order valence-corrected chi connectivity index (χ1v) is 11.1. The average molecular weight is 421 g/mol. The van der Waals surface area contributed by atoms with Gasteiger partial charge in [-0.05, 0) is 62.4 Å². The molecular weight excluding hydrogens is 388 g/mol. The number of para-hydroxylation sites is 2. The number of Topliss-reactive ketones (excluding diaryl/α,β-unsaturated/α-hetero) is 1. The van der Waals surface area contributed by atoms with Crippen molar-refractivity contribution in [3.05, 3.63) is 59.3 Å². The molecule has 0 aromatic heterocycles. The molecule has 1 unspecified atom stereocenters. The summed E-state index contributed by atoms with van der Waals surface area (Å²) < 4.78 is 11.8. The number of hydrogen-bond donors (Lipinski definition) is 2. The largest absolute Gasteiger partial charge is 0.490 e. The Morgan fingerprint density at radius 2 is 1.81 bits per heavy atom. The number of rotatable bonds is 5. The summed E-state index contributed by atoms with van der Waals surface area (Å²) in [5.74, 6) is 1.61. The topological polar surface area (TPSA) is 59.6 Å². The van der Waals surface area contributed by atoms with Crippen molar-refractivity contribution in [2.45, 2.75) is 59.6 Å². The first-order valence-electron chi connectivity index (χ1n) is 11.1. The molecule has 1 atom stereocenters. The van der Waals surface area contributed by atoms with Crippen LogP contribution in [-0.4, -0.2) is 18.5 Å². The number of fused-ring (bicyclic) bond motifs is 1. The van der Waals surface area contributed by atoms with Crippen LogP contribution >= 0.6 is 0 Å². The highest BCUT2D eigenvalue weighted by atomic mass is 16.5. The highest BCUT2D eigenvalue weighted by Crippen LogP contribution is 2.46. The minimum atomic E-state index is -0.262. The minimum Gasteiger partial charge on any atom is -0.490 e. The summed E-state index contributed by atoms with van der Waals surface area (Å²) >= 11 is 0. The normalized spacial score (nSPS) is 19.7. The molecule has 1 aliphatic heterocycles. The van der Waals surface area contributed by atoms with E-state index < -0.39 is 0 Å². The molecule has 2 aliphatic rings. The lowest BCUT2D eigenvalue weighted by Crippen LogP contribution is -2.31. The highest BCUT2D eigenvalue weighted by Gasteiger charge is 2.38. The van der Waals surface area contributed by atoms with E-state index in [0.29, 0.717) is 18.8 Å². The van der Waals surface area contributed by atoms with Crippen LogP contribution in [0, 0.1) is 5.41 Å². The summed E-state index contributed by atoms with van der Waals surface area (Å²) in [5, 5.41) is 7.19. The predicted molar refractivity (Wildman–Crippen MR) is 125 cm³/mol. The number of anilines is 2. The van der Waals surface area contributed by atoms with E-state index in [4.69, 9.17) is 9.47 Å². The van der Waals surface area contributed by atoms with Gasteiger partial charge < -0.3 is 20.1 Å². The van der Waals surface area contributed by atoms with Crippen molar-refractivity contribution in [2.24, 2.45) is 5.41 Å². The fraction of sp³-hybridized carbons (Fsp3) is 0.423. The molecule has 2 aromatic carbocycles. The zero-order valence-electron chi connectivity index (χ0n) is 19.0. The first-order chi connectivity index (χ1) is 14.8.